The fraction of sp³-hybridized carbons (Fsp3) is 0.455. The van der Waals surface area contributed by atoms with Crippen LogP contribution in [0.5, 0.6) is 0 Å². The molecule has 0 N–H and O–H groups in total. The fourth-order valence-electron chi connectivity index (χ4n) is 2.27. The van der Waals surface area contributed by atoms with Crippen LogP contribution in [0, 0.1) is 10.1 Å². The smallest absolute Gasteiger partial charge is 0.290 e. The van der Waals surface area contributed by atoms with Crippen molar-refractivity contribution >= 4 is 0 Å². The zero-order valence-electron chi connectivity index (χ0n) is 9.92. The SMILES string of the molecule is CN1OC[C@]([N+](=O)[O-])(C(F)(F)F)[C@@H]1c1ccccc1. The van der Waals surface area contributed by atoms with Crippen LogP contribution in [0.2, 0.25) is 0 Å². The van der Waals surface area contributed by atoms with Gasteiger partial charge in [-0.15, -0.1) is 0 Å². The van der Waals surface area contributed by atoms with Crippen molar-refractivity contribution in [2.45, 2.75) is 17.8 Å². The number of hydrogen-bond donors (Lipinski definition) is 0. The zero-order chi connectivity index (χ0) is 14.3. The van der Waals surface area contributed by atoms with E-state index in [-0.39, 0.29) is 5.56 Å². The normalized spacial score (nSPS) is 28.5. The molecule has 1 aliphatic heterocycles. The van der Waals surface area contributed by atoms with Crippen LogP contribution >= 0.6 is 0 Å². The van der Waals surface area contributed by atoms with Crippen molar-refractivity contribution in [1.29, 1.82) is 0 Å². The van der Waals surface area contributed by atoms with Gasteiger partial charge in [0.1, 0.15) is 6.04 Å². The highest BCUT2D eigenvalue weighted by molar-refractivity contribution is 5.24. The summed E-state index contributed by atoms with van der Waals surface area (Å²) in [4.78, 5) is 14.6. The van der Waals surface area contributed by atoms with Crippen molar-refractivity contribution < 1.29 is 22.9 Å². The Labute approximate surface area is 106 Å². The molecule has 8 heteroatoms. The molecule has 0 radical (unpaired) electrons. The number of hydroxylamine groups is 2. The average Bonchev–Trinajstić information content (AvgIpc) is 2.68. The highest BCUT2D eigenvalue weighted by Crippen LogP contribution is 2.49. The van der Waals surface area contributed by atoms with E-state index in [1.165, 1.54) is 31.3 Å². The molecule has 0 aliphatic carbocycles. The first-order valence-corrected chi connectivity index (χ1v) is 5.42. The molecule has 2 atom stereocenters. The van der Waals surface area contributed by atoms with Crippen molar-refractivity contribution in [3.05, 3.63) is 46.0 Å². The van der Waals surface area contributed by atoms with Crippen molar-refractivity contribution in [2.75, 3.05) is 13.7 Å². The van der Waals surface area contributed by atoms with Gasteiger partial charge in [-0.25, -0.2) is 0 Å². The second-order valence-corrected chi connectivity index (χ2v) is 4.31. The van der Waals surface area contributed by atoms with E-state index in [2.05, 4.69) is 0 Å². The van der Waals surface area contributed by atoms with Crippen LogP contribution in [0.25, 0.3) is 0 Å². The van der Waals surface area contributed by atoms with Gasteiger partial charge in [-0.1, -0.05) is 30.3 Å². The highest BCUT2D eigenvalue weighted by atomic mass is 19.4. The molecule has 2 rings (SSSR count). The molecule has 104 valence electrons. The second-order valence-electron chi connectivity index (χ2n) is 4.31. The standard InChI is InChI=1S/C11H11F3N2O3/c1-15-9(8-5-3-2-4-6-8)10(7-19-15,16(17)18)11(12,13)14/h2-6,9H,7H2,1H3/t9-,10+/m0/s1. The number of alkyl halides is 3. The summed E-state index contributed by atoms with van der Waals surface area (Å²) in [6.07, 6.45) is -5.01. The quantitative estimate of drug-likeness (QED) is 0.613. The van der Waals surface area contributed by atoms with E-state index < -0.39 is 29.3 Å². The van der Waals surface area contributed by atoms with Gasteiger partial charge in [-0.05, 0) is 5.56 Å². The van der Waals surface area contributed by atoms with Crippen LogP contribution in [-0.4, -0.2) is 35.4 Å². The van der Waals surface area contributed by atoms with Crippen LogP contribution in [0.1, 0.15) is 11.6 Å². The molecule has 0 bridgehead atoms. The van der Waals surface area contributed by atoms with Crippen LogP contribution in [0.4, 0.5) is 13.2 Å². The largest absolute Gasteiger partial charge is 0.465 e. The third-order valence-corrected chi connectivity index (χ3v) is 3.24. The van der Waals surface area contributed by atoms with E-state index in [1.807, 2.05) is 0 Å². The van der Waals surface area contributed by atoms with Gasteiger partial charge in [-0.2, -0.15) is 18.2 Å². The zero-order valence-corrected chi connectivity index (χ0v) is 9.92. The summed E-state index contributed by atoms with van der Waals surface area (Å²) in [6.45, 7) is -1.03. The van der Waals surface area contributed by atoms with Crippen LogP contribution < -0.4 is 0 Å². The molecule has 1 fully saturated rings. The minimum atomic E-state index is -5.01. The summed E-state index contributed by atoms with van der Waals surface area (Å²) in [5.41, 5.74) is -2.96. The molecule has 1 aromatic rings. The lowest BCUT2D eigenvalue weighted by molar-refractivity contribution is -0.614. The summed E-state index contributed by atoms with van der Waals surface area (Å²) < 4.78 is 39.7. The van der Waals surface area contributed by atoms with Gasteiger partial charge in [0.2, 0.25) is 0 Å². The third-order valence-electron chi connectivity index (χ3n) is 3.24. The molecule has 0 spiro atoms. The topological polar surface area (TPSA) is 55.6 Å². The number of halogens is 3. The Bertz CT molecular complexity index is 480. The summed E-state index contributed by atoms with van der Waals surface area (Å²) in [5.74, 6) is 0. The molecule has 1 aromatic carbocycles. The van der Waals surface area contributed by atoms with Gasteiger partial charge in [0, 0.05) is 12.0 Å². The number of rotatable bonds is 2. The van der Waals surface area contributed by atoms with Crippen LogP contribution in [0.15, 0.2) is 30.3 Å². The van der Waals surface area contributed by atoms with E-state index in [0.29, 0.717) is 0 Å². The molecule has 1 heterocycles. The van der Waals surface area contributed by atoms with Crippen LogP contribution in [0.3, 0.4) is 0 Å². The first kappa shape index (κ1) is 13.8. The molecular weight excluding hydrogens is 265 g/mol. The maximum Gasteiger partial charge on any atom is 0.465 e. The Balaban J connectivity index is 2.57. The van der Waals surface area contributed by atoms with E-state index in [9.17, 15) is 23.3 Å². The van der Waals surface area contributed by atoms with Gasteiger partial charge in [0.25, 0.3) is 0 Å². The molecule has 1 saturated heterocycles. The molecule has 1 aliphatic rings. The third kappa shape index (κ3) is 1.96. The van der Waals surface area contributed by atoms with E-state index in [4.69, 9.17) is 4.84 Å². The summed E-state index contributed by atoms with van der Waals surface area (Å²) in [5, 5.41) is 12.0. The second kappa shape index (κ2) is 4.46. The minimum Gasteiger partial charge on any atom is -0.290 e. The lowest BCUT2D eigenvalue weighted by Crippen LogP contribution is -2.57. The minimum absolute atomic E-state index is 0.191. The van der Waals surface area contributed by atoms with Crippen molar-refractivity contribution in [3.8, 4) is 0 Å². The highest BCUT2D eigenvalue weighted by Gasteiger charge is 2.75. The van der Waals surface area contributed by atoms with Gasteiger partial charge in [0.05, 0.1) is 0 Å². The lowest BCUT2D eigenvalue weighted by atomic mass is 9.86. The van der Waals surface area contributed by atoms with Crippen molar-refractivity contribution in [1.82, 2.24) is 5.06 Å². The maximum absolute atomic E-state index is 13.2. The first-order valence-electron chi connectivity index (χ1n) is 5.42. The predicted molar refractivity (Wildman–Crippen MR) is 58.7 cm³/mol. The maximum atomic E-state index is 13.2. The number of likely N-dealkylation sites (N-methyl/N-ethyl adjacent to an activating group) is 1. The summed E-state index contributed by atoms with van der Waals surface area (Å²) in [6, 6.07) is 6.01. The monoisotopic (exact) mass is 276 g/mol. The van der Waals surface area contributed by atoms with E-state index >= 15 is 0 Å². The van der Waals surface area contributed by atoms with E-state index in [0.717, 1.165) is 5.06 Å². The molecule has 0 unspecified atom stereocenters. The molecule has 5 nitrogen and oxygen atoms in total. The Morgan fingerprint density at radius 2 is 2.00 bits per heavy atom. The summed E-state index contributed by atoms with van der Waals surface area (Å²) in [7, 11) is 1.26. The average molecular weight is 276 g/mol. The van der Waals surface area contributed by atoms with Gasteiger partial charge >= 0.3 is 11.7 Å². The first-order chi connectivity index (χ1) is 8.80. The van der Waals surface area contributed by atoms with E-state index in [1.54, 1.807) is 6.07 Å². The Morgan fingerprint density at radius 1 is 1.42 bits per heavy atom. The lowest BCUT2D eigenvalue weighted by Gasteiger charge is -2.29. The predicted octanol–water partition coefficient (Wildman–Crippen LogP) is 2.18. The molecule has 0 saturated carbocycles. The molecule has 19 heavy (non-hydrogen) atoms. The Hall–Kier alpha value is -1.67. The van der Waals surface area contributed by atoms with Crippen molar-refractivity contribution in [3.63, 3.8) is 0 Å². The number of hydrogen-bond acceptors (Lipinski definition) is 4. The Morgan fingerprint density at radius 3 is 2.47 bits per heavy atom. The number of nitrogens with zero attached hydrogens (tertiary/aromatic N) is 2. The summed E-state index contributed by atoms with van der Waals surface area (Å²) >= 11 is 0. The fourth-order valence-corrected chi connectivity index (χ4v) is 2.27. The van der Waals surface area contributed by atoms with Gasteiger partial charge in [-0.3, -0.25) is 15.0 Å². The molecular formula is C11H11F3N2O3. The van der Waals surface area contributed by atoms with Gasteiger partial charge in [0.15, 0.2) is 6.61 Å². The number of benzene rings is 1. The van der Waals surface area contributed by atoms with Crippen LogP contribution in [-0.2, 0) is 4.84 Å². The Kier molecular flexibility index (Phi) is 3.23. The molecule has 0 amide bonds. The molecule has 0 aromatic heterocycles. The number of nitro groups is 1. The van der Waals surface area contributed by atoms with Gasteiger partial charge < -0.3 is 0 Å². The van der Waals surface area contributed by atoms with Crippen molar-refractivity contribution in [2.24, 2.45) is 0 Å².